The molecule has 0 unspecified atom stereocenters. The molecule has 4 aromatic heterocycles. The maximum atomic E-state index is 12.6. The number of hydrogen-bond acceptors (Lipinski definition) is 8. The summed E-state index contributed by atoms with van der Waals surface area (Å²) in [5.41, 5.74) is 6.54. The third kappa shape index (κ3) is 3.92. The summed E-state index contributed by atoms with van der Waals surface area (Å²) in [6.45, 7) is -0.0237. The van der Waals surface area contributed by atoms with E-state index in [1.54, 1.807) is 19.2 Å². The third-order valence-electron chi connectivity index (χ3n) is 4.18. The average molecular weight is 417 g/mol. The predicted molar refractivity (Wildman–Crippen MR) is 97.7 cm³/mol. The maximum Gasteiger partial charge on any atom is 0.417 e. The first-order valence-corrected chi connectivity index (χ1v) is 8.54. The van der Waals surface area contributed by atoms with Crippen molar-refractivity contribution in [2.75, 3.05) is 5.73 Å². The van der Waals surface area contributed by atoms with E-state index < -0.39 is 11.7 Å². The minimum atomic E-state index is -4.46. The lowest BCUT2D eigenvalue weighted by Gasteiger charge is -2.09. The number of alkyl halides is 3. The molecule has 4 rings (SSSR count). The first kappa shape index (κ1) is 19.4. The van der Waals surface area contributed by atoms with Crippen LogP contribution in [0.15, 0.2) is 47.4 Å². The van der Waals surface area contributed by atoms with Gasteiger partial charge in [0, 0.05) is 31.1 Å². The van der Waals surface area contributed by atoms with Crippen LogP contribution in [-0.4, -0.2) is 29.9 Å². The van der Waals surface area contributed by atoms with E-state index in [-0.39, 0.29) is 18.4 Å². The second-order valence-electron chi connectivity index (χ2n) is 6.19. The summed E-state index contributed by atoms with van der Waals surface area (Å²) in [6.07, 6.45) is -0.696. The highest BCUT2D eigenvalue weighted by atomic mass is 19.4. The Kier molecular flexibility index (Phi) is 4.82. The maximum absolute atomic E-state index is 12.6. The van der Waals surface area contributed by atoms with E-state index in [0.717, 1.165) is 12.1 Å². The van der Waals surface area contributed by atoms with Gasteiger partial charge in [-0.15, -0.1) is 0 Å². The Hall–Kier alpha value is -3.96. The zero-order valence-corrected chi connectivity index (χ0v) is 15.5. The lowest BCUT2D eigenvalue weighted by Crippen LogP contribution is -2.07. The number of nitrogens with two attached hydrogens (primary N) is 1. The smallest absolute Gasteiger partial charge is 0.417 e. The van der Waals surface area contributed by atoms with Gasteiger partial charge in [0.2, 0.25) is 11.7 Å². The Morgan fingerprint density at radius 2 is 2.00 bits per heavy atom. The van der Waals surface area contributed by atoms with Crippen molar-refractivity contribution in [2.24, 2.45) is 7.05 Å². The molecule has 4 aromatic rings. The Bertz CT molecular complexity index is 1170. The van der Waals surface area contributed by atoms with E-state index in [1.807, 2.05) is 0 Å². The SMILES string of the molecule is Cn1ncc(-c2nc(-c3ccnc(N)c3)no2)c1COc1ccc(C(F)(F)F)cn1. The molecule has 9 nitrogen and oxygen atoms in total. The van der Waals surface area contributed by atoms with Crippen LogP contribution in [0.25, 0.3) is 22.8 Å². The molecule has 4 heterocycles. The number of nitrogen functional groups attached to an aromatic ring is 1. The van der Waals surface area contributed by atoms with E-state index in [4.69, 9.17) is 15.0 Å². The van der Waals surface area contributed by atoms with Crippen molar-refractivity contribution in [1.82, 2.24) is 29.9 Å². The minimum absolute atomic E-state index is 0.0237. The molecular weight excluding hydrogens is 403 g/mol. The fourth-order valence-corrected chi connectivity index (χ4v) is 2.63. The van der Waals surface area contributed by atoms with Crippen LogP contribution in [0.1, 0.15) is 11.3 Å². The lowest BCUT2D eigenvalue weighted by atomic mass is 10.2. The highest BCUT2D eigenvalue weighted by molar-refractivity contribution is 5.62. The Labute approximate surface area is 167 Å². The van der Waals surface area contributed by atoms with Crippen LogP contribution in [0.4, 0.5) is 19.0 Å². The van der Waals surface area contributed by atoms with Crippen molar-refractivity contribution < 1.29 is 22.4 Å². The standard InChI is InChI=1S/C18H14F3N7O2/c1-28-13(9-29-15-3-2-11(7-24-15)18(19,20)21)12(8-25-28)17-26-16(27-30-17)10-4-5-23-14(22)6-10/h2-8H,9H2,1H3,(H2,22,23). The molecule has 0 fully saturated rings. The zero-order chi connectivity index (χ0) is 21.3. The molecule has 0 aliphatic rings. The molecule has 0 aromatic carbocycles. The number of halogens is 3. The van der Waals surface area contributed by atoms with E-state index in [0.29, 0.717) is 34.7 Å². The Morgan fingerprint density at radius 3 is 2.70 bits per heavy atom. The molecule has 0 amide bonds. The van der Waals surface area contributed by atoms with Gasteiger partial charge in [0.05, 0.1) is 23.0 Å². The largest absolute Gasteiger partial charge is 0.471 e. The van der Waals surface area contributed by atoms with Gasteiger partial charge in [0.15, 0.2) is 0 Å². The first-order chi connectivity index (χ1) is 14.3. The third-order valence-corrected chi connectivity index (χ3v) is 4.18. The van der Waals surface area contributed by atoms with Crippen molar-refractivity contribution in [2.45, 2.75) is 12.8 Å². The average Bonchev–Trinajstić information content (AvgIpc) is 3.33. The van der Waals surface area contributed by atoms with Crippen LogP contribution >= 0.6 is 0 Å². The van der Waals surface area contributed by atoms with Gasteiger partial charge < -0.3 is 15.0 Å². The summed E-state index contributed by atoms with van der Waals surface area (Å²) in [5, 5.41) is 8.10. The molecule has 0 bridgehead atoms. The number of pyridine rings is 2. The molecule has 0 aliphatic carbocycles. The summed E-state index contributed by atoms with van der Waals surface area (Å²) < 4.78 is 50.3. The van der Waals surface area contributed by atoms with Gasteiger partial charge in [0.25, 0.3) is 5.89 Å². The Balaban J connectivity index is 1.54. The van der Waals surface area contributed by atoms with E-state index in [1.165, 1.54) is 17.1 Å². The number of rotatable bonds is 5. The molecule has 0 saturated heterocycles. The lowest BCUT2D eigenvalue weighted by molar-refractivity contribution is -0.137. The molecule has 0 spiro atoms. The van der Waals surface area contributed by atoms with Gasteiger partial charge in [-0.1, -0.05) is 5.16 Å². The van der Waals surface area contributed by atoms with Crippen LogP contribution in [-0.2, 0) is 19.8 Å². The summed E-state index contributed by atoms with van der Waals surface area (Å²) in [5.74, 6) is 0.874. The van der Waals surface area contributed by atoms with Gasteiger partial charge in [-0.3, -0.25) is 4.68 Å². The van der Waals surface area contributed by atoms with Gasteiger partial charge in [-0.05, 0) is 18.2 Å². The monoisotopic (exact) mass is 417 g/mol. The van der Waals surface area contributed by atoms with Crippen LogP contribution in [0.5, 0.6) is 5.88 Å². The van der Waals surface area contributed by atoms with E-state index >= 15 is 0 Å². The van der Waals surface area contributed by atoms with Gasteiger partial charge >= 0.3 is 6.18 Å². The van der Waals surface area contributed by atoms with Crippen molar-refractivity contribution in [3.63, 3.8) is 0 Å². The molecular formula is C18H14F3N7O2. The summed E-state index contributed by atoms with van der Waals surface area (Å²) >= 11 is 0. The molecule has 30 heavy (non-hydrogen) atoms. The highest BCUT2D eigenvalue weighted by Gasteiger charge is 2.30. The van der Waals surface area contributed by atoms with Gasteiger partial charge in [0.1, 0.15) is 12.4 Å². The number of aryl methyl sites for hydroxylation is 1. The molecule has 0 saturated carbocycles. The fraction of sp³-hybridized carbons (Fsp3) is 0.167. The van der Waals surface area contributed by atoms with Crippen LogP contribution in [0.2, 0.25) is 0 Å². The van der Waals surface area contributed by atoms with Crippen LogP contribution in [0, 0.1) is 0 Å². The van der Waals surface area contributed by atoms with E-state index in [2.05, 4.69) is 25.2 Å². The minimum Gasteiger partial charge on any atom is -0.471 e. The van der Waals surface area contributed by atoms with E-state index in [9.17, 15) is 13.2 Å². The number of nitrogens with zero attached hydrogens (tertiary/aromatic N) is 6. The van der Waals surface area contributed by atoms with Crippen molar-refractivity contribution in [3.05, 3.63) is 54.1 Å². The summed E-state index contributed by atoms with van der Waals surface area (Å²) in [7, 11) is 1.68. The number of anilines is 1. The molecule has 2 N–H and O–H groups in total. The number of hydrogen-bond donors (Lipinski definition) is 1. The zero-order valence-electron chi connectivity index (χ0n) is 15.5. The van der Waals surface area contributed by atoms with Crippen molar-refractivity contribution in [1.29, 1.82) is 0 Å². The molecule has 0 aliphatic heterocycles. The fourth-order valence-electron chi connectivity index (χ4n) is 2.63. The van der Waals surface area contributed by atoms with Crippen molar-refractivity contribution in [3.8, 4) is 28.7 Å². The molecule has 12 heteroatoms. The highest BCUT2D eigenvalue weighted by Crippen LogP contribution is 2.30. The molecule has 0 radical (unpaired) electrons. The van der Waals surface area contributed by atoms with Crippen LogP contribution in [0.3, 0.4) is 0 Å². The first-order valence-electron chi connectivity index (χ1n) is 8.54. The second-order valence-corrected chi connectivity index (χ2v) is 6.19. The topological polar surface area (TPSA) is 118 Å². The molecule has 0 atom stereocenters. The van der Waals surface area contributed by atoms with Crippen molar-refractivity contribution >= 4 is 5.82 Å². The summed E-state index contributed by atoms with van der Waals surface area (Å²) in [4.78, 5) is 11.9. The van der Waals surface area contributed by atoms with Gasteiger partial charge in [-0.2, -0.15) is 23.3 Å². The quantitative estimate of drug-likeness (QED) is 0.526. The van der Waals surface area contributed by atoms with Gasteiger partial charge in [-0.25, -0.2) is 9.97 Å². The second kappa shape index (κ2) is 7.46. The normalized spacial score (nSPS) is 11.6. The predicted octanol–water partition coefficient (Wildman–Crippen LogP) is 3.11. The van der Waals surface area contributed by atoms with Crippen LogP contribution < -0.4 is 10.5 Å². The Morgan fingerprint density at radius 1 is 1.17 bits per heavy atom. The number of ether oxygens (including phenoxy) is 1. The molecule has 154 valence electrons. The summed E-state index contributed by atoms with van der Waals surface area (Å²) in [6, 6.07) is 5.35. The number of aromatic nitrogens is 6.